The van der Waals surface area contributed by atoms with Crippen LogP contribution in [0.5, 0.6) is 0 Å². The van der Waals surface area contributed by atoms with Crippen LogP contribution in [-0.2, 0) is 6.42 Å². The number of fused-ring (bicyclic) bond motifs is 1. The maximum atomic E-state index is 10.7. The Morgan fingerprint density at radius 1 is 1.50 bits per heavy atom. The molecule has 5 nitrogen and oxygen atoms in total. The summed E-state index contributed by atoms with van der Waals surface area (Å²) in [5.41, 5.74) is 2.13. The van der Waals surface area contributed by atoms with Gasteiger partial charge in [-0.2, -0.15) is 0 Å². The molecular formula is C12H10ClN3O2. The number of aromatic nitrogens is 2. The van der Waals surface area contributed by atoms with E-state index in [9.17, 15) is 10.1 Å². The Morgan fingerprint density at radius 3 is 3.06 bits per heavy atom. The summed E-state index contributed by atoms with van der Waals surface area (Å²) in [5.74, 6) is 0. The van der Waals surface area contributed by atoms with Gasteiger partial charge in [0, 0.05) is 18.0 Å². The van der Waals surface area contributed by atoms with Gasteiger partial charge in [-0.3, -0.25) is 10.1 Å². The van der Waals surface area contributed by atoms with E-state index in [1.807, 2.05) is 6.20 Å². The first kappa shape index (κ1) is 11.2. The van der Waals surface area contributed by atoms with Crippen molar-refractivity contribution in [2.45, 2.75) is 18.9 Å². The Bertz CT molecular complexity index is 624. The van der Waals surface area contributed by atoms with E-state index in [0.29, 0.717) is 0 Å². The first-order chi connectivity index (χ1) is 8.66. The molecule has 1 aromatic heterocycles. The molecule has 0 aliphatic carbocycles. The zero-order chi connectivity index (χ0) is 12.7. The average molecular weight is 264 g/mol. The van der Waals surface area contributed by atoms with Gasteiger partial charge in [-0.25, -0.2) is 4.98 Å². The maximum absolute atomic E-state index is 10.7. The van der Waals surface area contributed by atoms with E-state index in [1.54, 1.807) is 18.5 Å². The van der Waals surface area contributed by atoms with Crippen LogP contribution in [0.25, 0.3) is 0 Å². The van der Waals surface area contributed by atoms with Gasteiger partial charge in [0.1, 0.15) is 5.02 Å². The average Bonchev–Trinajstić information content (AvgIpc) is 2.89. The largest absolute Gasteiger partial charge is 0.327 e. The first-order valence-corrected chi connectivity index (χ1v) is 5.99. The van der Waals surface area contributed by atoms with E-state index in [1.165, 1.54) is 11.8 Å². The summed E-state index contributed by atoms with van der Waals surface area (Å²) in [4.78, 5) is 14.4. The normalized spacial score (nSPS) is 17.7. The molecule has 2 aromatic rings. The molecule has 0 amide bonds. The lowest BCUT2D eigenvalue weighted by Crippen LogP contribution is -2.04. The molecule has 1 aromatic carbocycles. The van der Waals surface area contributed by atoms with Gasteiger partial charge >= 0.3 is 0 Å². The van der Waals surface area contributed by atoms with Crippen LogP contribution in [0, 0.1) is 10.1 Å². The Balaban J connectivity index is 2.00. The molecule has 18 heavy (non-hydrogen) atoms. The number of rotatable bonds is 2. The fourth-order valence-corrected chi connectivity index (χ4v) is 2.69. The van der Waals surface area contributed by atoms with Crippen molar-refractivity contribution in [3.05, 3.63) is 57.1 Å². The topological polar surface area (TPSA) is 61.0 Å². The Labute approximate surface area is 108 Å². The Kier molecular flexibility index (Phi) is 2.56. The number of hydrogen-bond acceptors (Lipinski definition) is 3. The van der Waals surface area contributed by atoms with Crippen molar-refractivity contribution in [1.29, 1.82) is 0 Å². The van der Waals surface area contributed by atoms with Gasteiger partial charge in [-0.1, -0.05) is 17.7 Å². The van der Waals surface area contributed by atoms with Crippen LogP contribution in [0.1, 0.15) is 23.7 Å². The van der Waals surface area contributed by atoms with E-state index >= 15 is 0 Å². The number of aryl methyl sites for hydroxylation is 1. The van der Waals surface area contributed by atoms with Gasteiger partial charge in [0.25, 0.3) is 5.69 Å². The minimum atomic E-state index is -0.469. The fourth-order valence-electron chi connectivity index (χ4n) is 2.44. The van der Waals surface area contributed by atoms with Crippen molar-refractivity contribution >= 4 is 17.3 Å². The highest BCUT2D eigenvalue weighted by Gasteiger charge is 2.24. The molecule has 1 aliphatic heterocycles. The predicted molar refractivity (Wildman–Crippen MR) is 66.8 cm³/mol. The monoisotopic (exact) mass is 263 g/mol. The van der Waals surface area contributed by atoms with Crippen molar-refractivity contribution in [1.82, 2.24) is 9.55 Å². The van der Waals surface area contributed by atoms with Gasteiger partial charge < -0.3 is 4.57 Å². The van der Waals surface area contributed by atoms with Gasteiger partial charge in [0.05, 0.1) is 17.3 Å². The van der Waals surface area contributed by atoms with E-state index in [-0.39, 0.29) is 16.8 Å². The molecule has 0 N–H and O–H groups in total. The maximum Gasteiger partial charge on any atom is 0.287 e. The van der Waals surface area contributed by atoms with Crippen LogP contribution in [0.15, 0.2) is 30.7 Å². The summed E-state index contributed by atoms with van der Waals surface area (Å²) >= 11 is 5.94. The lowest BCUT2D eigenvalue weighted by molar-refractivity contribution is -0.384. The second-order valence-electron chi connectivity index (χ2n) is 4.31. The number of halogens is 1. The van der Waals surface area contributed by atoms with Crippen LogP contribution >= 0.6 is 11.6 Å². The molecule has 92 valence electrons. The third-order valence-corrected chi connectivity index (χ3v) is 3.61. The predicted octanol–water partition coefficient (Wildman–Crippen LogP) is 2.98. The third kappa shape index (κ3) is 1.67. The molecule has 0 bridgehead atoms. The number of imidazole rings is 1. The summed E-state index contributed by atoms with van der Waals surface area (Å²) in [6.07, 6.45) is 5.60. The lowest BCUT2D eigenvalue weighted by Gasteiger charge is -2.13. The van der Waals surface area contributed by atoms with Crippen molar-refractivity contribution in [3.8, 4) is 0 Å². The summed E-state index contributed by atoms with van der Waals surface area (Å²) < 4.78 is 2.09. The Morgan fingerprint density at radius 2 is 2.33 bits per heavy atom. The summed E-state index contributed by atoms with van der Waals surface area (Å²) in [5, 5.41) is 10.9. The van der Waals surface area contributed by atoms with Gasteiger partial charge in [-0.15, -0.1) is 0 Å². The minimum Gasteiger partial charge on any atom is -0.327 e. The molecule has 1 atom stereocenters. The van der Waals surface area contributed by atoms with Crippen molar-refractivity contribution in [2.75, 3.05) is 0 Å². The van der Waals surface area contributed by atoms with E-state index in [4.69, 9.17) is 11.6 Å². The van der Waals surface area contributed by atoms with Gasteiger partial charge in [-0.05, 0) is 24.5 Å². The molecule has 6 heteroatoms. The zero-order valence-electron chi connectivity index (χ0n) is 9.41. The molecular weight excluding hydrogens is 254 g/mol. The van der Waals surface area contributed by atoms with Crippen molar-refractivity contribution < 1.29 is 4.92 Å². The first-order valence-electron chi connectivity index (χ1n) is 5.61. The summed E-state index contributed by atoms with van der Waals surface area (Å²) in [6, 6.07) is 5.09. The second-order valence-corrected chi connectivity index (χ2v) is 4.72. The molecule has 0 radical (unpaired) electrons. The van der Waals surface area contributed by atoms with Crippen LogP contribution in [0.2, 0.25) is 5.02 Å². The molecule has 0 spiro atoms. The number of benzene rings is 1. The van der Waals surface area contributed by atoms with Crippen LogP contribution in [-0.4, -0.2) is 14.5 Å². The summed E-state index contributed by atoms with van der Waals surface area (Å²) in [6.45, 7) is 0. The number of hydrogen-bond donors (Lipinski definition) is 0. The highest BCUT2D eigenvalue weighted by molar-refractivity contribution is 6.32. The SMILES string of the molecule is O=[N+]([O-])c1ccc(C2CCc3cncn32)cc1Cl. The molecule has 3 rings (SSSR count). The third-order valence-electron chi connectivity index (χ3n) is 3.31. The second kappa shape index (κ2) is 4.10. The van der Waals surface area contributed by atoms with E-state index in [2.05, 4.69) is 9.55 Å². The lowest BCUT2D eigenvalue weighted by atomic mass is 10.0. The van der Waals surface area contributed by atoms with E-state index in [0.717, 1.165) is 18.4 Å². The van der Waals surface area contributed by atoms with Gasteiger partial charge in [0.2, 0.25) is 0 Å². The molecule has 1 aliphatic rings. The number of nitrogens with zero attached hydrogens (tertiary/aromatic N) is 3. The van der Waals surface area contributed by atoms with Crippen LogP contribution in [0.4, 0.5) is 5.69 Å². The summed E-state index contributed by atoms with van der Waals surface area (Å²) in [7, 11) is 0. The minimum absolute atomic E-state index is 0.0516. The van der Waals surface area contributed by atoms with Crippen LogP contribution in [0.3, 0.4) is 0 Å². The quantitative estimate of drug-likeness (QED) is 0.618. The Hall–Kier alpha value is -1.88. The van der Waals surface area contributed by atoms with Crippen LogP contribution < -0.4 is 0 Å². The molecule has 0 fully saturated rings. The molecule has 0 saturated carbocycles. The van der Waals surface area contributed by atoms with E-state index < -0.39 is 4.92 Å². The van der Waals surface area contributed by atoms with Gasteiger partial charge in [0.15, 0.2) is 0 Å². The number of nitro groups is 1. The molecule has 0 saturated heterocycles. The highest BCUT2D eigenvalue weighted by atomic mass is 35.5. The highest BCUT2D eigenvalue weighted by Crippen LogP contribution is 2.34. The standard InChI is InChI=1S/C12H10ClN3O2/c13-10-5-8(1-3-12(10)16(17)18)11-4-2-9-6-14-7-15(9)11/h1,3,5-7,11H,2,4H2. The number of nitro benzene ring substituents is 1. The molecule has 1 unspecified atom stereocenters. The molecule has 2 heterocycles. The smallest absolute Gasteiger partial charge is 0.287 e. The fraction of sp³-hybridized carbons (Fsp3) is 0.250. The zero-order valence-corrected chi connectivity index (χ0v) is 10.2. The van der Waals surface area contributed by atoms with Crippen molar-refractivity contribution in [2.24, 2.45) is 0 Å². The van der Waals surface area contributed by atoms with Crippen molar-refractivity contribution in [3.63, 3.8) is 0 Å².